The van der Waals surface area contributed by atoms with E-state index in [1.54, 1.807) is 0 Å². The third-order valence-corrected chi connectivity index (χ3v) is 2.76. The van der Waals surface area contributed by atoms with Gasteiger partial charge in [-0.1, -0.05) is 32.0 Å². The fourth-order valence-electron chi connectivity index (χ4n) is 1.77. The Morgan fingerprint density at radius 3 is 2.50 bits per heavy atom. The van der Waals surface area contributed by atoms with Gasteiger partial charge in [-0.05, 0) is 37.7 Å². The molecule has 1 heterocycles. The topological polar surface area (TPSA) is 15.3 Å². The van der Waals surface area contributed by atoms with Gasteiger partial charge in [0.1, 0.15) is 0 Å². The summed E-state index contributed by atoms with van der Waals surface area (Å²) >= 11 is 5.29. The Bertz CT molecular complexity index is 361. The maximum absolute atomic E-state index is 5.29. The van der Waals surface area contributed by atoms with Gasteiger partial charge in [0.15, 0.2) is 5.11 Å². The SMILES string of the molecule is CC.CC(C)N1C(=S)NCc2ccccc21. The van der Waals surface area contributed by atoms with Crippen molar-refractivity contribution in [1.82, 2.24) is 5.32 Å². The Morgan fingerprint density at radius 1 is 1.25 bits per heavy atom. The molecule has 0 unspecified atom stereocenters. The molecule has 1 aromatic carbocycles. The number of benzene rings is 1. The van der Waals surface area contributed by atoms with Crippen LogP contribution in [0.1, 0.15) is 33.3 Å². The van der Waals surface area contributed by atoms with E-state index in [9.17, 15) is 0 Å². The molecule has 88 valence electrons. The van der Waals surface area contributed by atoms with Crippen molar-refractivity contribution in [3.05, 3.63) is 29.8 Å². The number of fused-ring (bicyclic) bond motifs is 1. The third kappa shape index (κ3) is 2.53. The van der Waals surface area contributed by atoms with Crippen LogP contribution in [0.25, 0.3) is 0 Å². The van der Waals surface area contributed by atoms with E-state index >= 15 is 0 Å². The van der Waals surface area contributed by atoms with Crippen LogP contribution in [0.5, 0.6) is 0 Å². The minimum atomic E-state index is 0.399. The molecule has 1 aliphatic heterocycles. The van der Waals surface area contributed by atoms with Crippen molar-refractivity contribution < 1.29 is 0 Å². The van der Waals surface area contributed by atoms with E-state index in [1.807, 2.05) is 13.8 Å². The van der Waals surface area contributed by atoms with Crippen LogP contribution in [0, 0.1) is 0 Å². The van der Waals surface area contributed by atoms with Crippen molar-refractivity contribution in [2.45, 2.75) is 40.3 Å². The average molecular weight is 236 g/mol. The highest BCUT2D eigenvalue weighted by molar-refractivity contribution is 7.80. The number of para-hydroxylation sites is 1. The number of hydrogen-bond acceptors (Lipinski definition) is 1. The number of nitrogens with zero attached hydrogens (tertiary/aromatic N) is 1. The smallest absolute Gasteiger partial charge is 0.173 e. The van der Waals surface area contributed by atoms with Gasteiger partial charge in [0.25, 0.3) is 0 Å². The Kier molecular flexibility index (Phi) is 4.74. The lowest BCUT2D eigenvalue weighted by molar-refractivity contribution is 0.750. The van der Waals surface area contributed by atoms with Crippen LogP contribution in [-0.4, -0.2) is 11.2 Å². The van der Waals surface area contributed by atoms with Gasteiger partial charge in [-0.15, -0.1) is 0 Å². The molecule has 0 bridgehead atoms. The second-order valence-corrected chi connectivity index (χ2v) is 4.14. The Balaban J connectivity index is 0.000000606. The maximum atomic E-state index is 5.29. The summed E-state index contributed by atoms with van der Waals surface area (Å²) < 4.78 is 0. The lowest BCUT2D eigenvalue weighted by Crippen LogP contribution is -2.47. The van der Waals surface area contributed by atoms with Gasteiger partial charge in [0, 0.05) is 18.3 Å². The number of hydrogen-bond donors (Lipinski definition) is 1. The molecule has 1 aliphatic rings. The monoisotopic (exact) mass is 236 g/mol. The van der Waals surface area contributed by atoms with Crippen LogP contribution in [0.3, 0.4) is 0 Å². The average Bonchev–Trinajstić information content (AvgIpc) is 2.31. The van der Waals surface area contributed by atoms with E-state index in [0.29, 0.717) is 6.04 Å². The fourth-order valence-corrected chi connectivity index (χ4v) is 2.15. The first-order valence-electron chi connectivity index (χ1n) is 5.85. The van der Waals surface area contributed by atoms with Crippen molar-refractivity contribution in [2.24, 2.45) is 0 Å². The maximum Gasteiger partial charge on any atom is 0.173 e. The quantitative estimate of drug-likeness (QED) is 0.753. The van der Waals surface area contributed by atoms with Crippen LogP contribution in [-0.2, 0) is 6.54 Å². The van der Waals surface area contributed by atoms with Crippen LogP contribution < -0.4 is 10.2 Å². The van der Waals surface area contributed by atoms with Crippen molar-refractivity contribution >= 4 is 23.0 Å². The summed E-state index contributed by atoms with van der Waals surface area (Å²) in [7, 11) is 0. The van der Waals surface area contributed by atoms with Gasteiger partial charge in [0.2, 0.25) is 0 Å². The molecule has 0 atom stereocenters. The van der Waals surface area contributed by atoms with Gasteiger partial charge in [-0.3, -0.25) is 0 Å². The largest absolute Gasteiger partial charge is 0.358 e. The summed E-state index contributed by atoms with van der Waals surface area (Å²) in [6, 6.07) is 8.79. The lowest BCUT2D eigenvalue weighted by atomic mass is 10.1. The normalized spacial score (nSPS) is 13.8. The van der Waals surface area contributed by atoms with E-state index in [2.05, 4.69) is 48.3 Å². The molecule has 0 fully saturated rings. The number of anilines is 1. The fraction of sp³-hybridized carbons (Fsp3) is 0.462. The molecular weight excluding hydrogens is 216 g/mol. The predicted molar refractivity (Wildman–Crippen MR) is 74.8 cm³/mol. The molecule has 1 N–H and O–H groups in total. The van der Waals surface area contributed by atoms with Crippen LogP contribution in [0.15, 0.2) is 24.3 Å². The van der Waals surface area contributed by atoms with Crippen molar-refractivity contribution in [3.63, 3.8) is 0 Å². The molecular formula is C13H20N2S. The molecule has 1 aromatic rings. The highest BCUT2D eigenvalue weighted by Crippen LogP contribution is 2.25. The Morgan fingerprint density at radius 2 is 1.88 bits per heavy atom. The first-order chi connectivity index (χ1) is 7.70. The zero-order valence-corrected chi connectivity index (χ0v) is 11.3. The zero-order valence-electron chi connectivity index (χ0n) is 10.4. The second-order valence-electron chi connectivity index (χ2n) is 3.75. The summed E-state index contributed by atoms with van der Waals surface area (Å²) in [6.07, 6.45) is 0. The molecule has 0 saturated carbocycles. The predicted octanol–water partition coefficient (Wildman–Crippen LogP) is 3.32. The van der Waals surface area contributed by atoms with E-state index in [-0.39, 0.29) is 0 Å². The lowest BCUT2D eigenvalue weighted by Gasteiger charge is -2.35. The summed E-state index contributed by atoms with van der Waals surface area (Å²) in [4.78, 5) is 2.16. The molecule has 2 rings (SSSR count). The summed E-state index contributed by atoms with van der Waals surface area (Å²) in [5.74, 6) is 0. The molecule has 0 saturated heterocycles. The molecule has 0 aromatic heterocycles. The number of rotatable bonds is 1. The first kappa shape index (κ1) is 13.0. The minimum Gasteiger partial charge on any atom is -0.358 e. The Labute approximate surface area is 104 Å². The third-order valence-electron chi connectivity index (χ3n) is 2.42. The minimum absolute atomic E-state index is 0.399. The molecule has 0 radical (unpaired) electrons. The molecule has 2 nitrogen and oxygen atoms in total. The number of thiocarbonyl (C=S) groups is 1. The molecule has 16 heavy (non-hydrogen) atoms. The molecule has 0 amide bonds. The highest BCUT2D eigenvalue weighted by Gasteiger charge is 2.22. The molecule has 0 spiro atoms. The van der Waals surface area contributed by atoms with Gasteiger partial charge in [0.05, 0.1) is 0 Å². The van der Waals surface area contributed by atoms with Gasteiger partial charge < -0.3 is 10.2 Å². The van der Waals surface area contributed by atoms with Crippen molar-refractivity contribution in [2.75, 3.05) is 4.90 Å². The Hall–Kier alpha value is -1.09. The van der Waals surface area contributed by atoms with Crippen LogP contribution in [0.4, 0.5) is 5.69 Å². The van der Waals surface area contributed by atoms with Crippen LogP contribution in [0.2, 0.25) is 0 Å². The standard InChI is InChI=1S/C11H14N2S.C2H6/c1-8(2)13-10-6-4-3-5-9(10)7-12-11(13)14;1-2/h3-6,8H,7H2,1-2H3,(H,12,14);1-2H3. The van der Waals surface area contributed by atoms with E-state index in [0.717, 1.165) is 11.7 Å². The first-order valence-corrected chi connectivity index (χ1v) is 6.26. The summed E-state index contributed by atoms with van der Waals surface area (Å²) in [5, 5.41) is 4.06. The highest BCUT2D eigenvalue weighted by atomic mass is 32.1. The van der Waals surface area contributed by atoms with Gasteiger partial charge in [-0.25, -0.2) is 0 Å². The van der Waals surface area contributed by atoms with Gasteiger partial charge >= 0.3 is 0 Å². The summed E-state index contributed by atoms with van der Waals surface area (Å²) in [6.45, 7) is 9.14. The van der Waals surface area contributed by atoms with E-state index < -0.39 is 0 Å². The molecule has 0 aliphatic carbocycles. The van der Waals surface area contributed by atoms with Crippen molar-refractivity contribution in [3.8, 4) is 0 Å². The molecule has 3 heteroatoms. The van der Waals surface area contributed by atoms with E-state index in [4.69, 9.17) is 12.2 Å². The number of nitrogens with one attached hydrogen (secondary N) is 1. The van der Waals surface area contributed by atoms with Gasteiger partial charge in [-0.2, -0.15) is 0 Å². The van der Waals surface area contributed by atoms with Crippen LogP contribution >= 0.6 is 12.2 Å². The zero-order chi connectivity index (χ0) is 12.1. The van der Waals surface area contributed by atoms with Crippen molar-refractivity contribution in [1.29, 1.82) is 0 Å². The summed E-state index contributed by atoms with van der Waals surface area (Å²) in [5.41, 5.74) is 2.56. The second kappa shape index (κ2) is 5.85. The van der Waals surface area contributed by atoms with E-state index in [1.165, 1.54) is 11.3 Å².